The minimum absolute atomic E-state index is 0.0401. The molecule has 1 aliphatic rings. The fourth-order valence-electron chi connectivity index (χ4n) is 2.56. The third-order valence-electron chi connectivity index (χ3n) is 3.70. The van der Waals surface area contributed by atoms with Crippen LogP contribution in [0.5, 0.6) is 0 Å². The summed E-state index contributed by atoms with van der Waals surface area (Å²) in [6.45, 7) is 1.96. The van der Waals surface area contributed by atoms with Crippen molar-refractivity contribution < 1.29 is 9.59 Å². The number of Topliss-reactive ketones (excluding diaryl/α,β-unsaturated/α-hetero) is 2. The summed E-state index contributed by atoms with van der Waals surface area (Å²) >= 11 is 0. The minimum atomic E-state index is -0.0401. The van der Waals surface area contributed by atoms with E-state index in [4.69, 9.17) is 0 Å². The number of hydrogen-bond acceptors (Lipinski definition) is 2. The Hall–Kier alpha value is -1.44. The molecule has 1 aromatic rings. The Labute approximate surface area is 102 Å². The highest BCUT2D eigenvalue weighted by Gasteiger charge is 2.29. The zero-order valence-electron chi connectivity index (χ0n) is 10.2. The SMILES string of the molecule is CC(C(=O)c1ccccc1)[C@@H]1CCCC(=O)C1. The molecular formula is C15H18O2. The largest absolute Gasteiger partial charge is 0.300 e. The first-order valence-corrected chi connectivity index (χ1v) is 6.29. The number of carbonyl (C=O) groups is 2. The maximum Gasteiger partial charge on any atom is 0.165 e. The molecule has 0 bridgehead atoms. The van der Waals surface area contributed by atoms with Crippen LogP contribution in [0, 0.1) is 11.8 Å². The van der Waals surface area contributed by atoms with Gasteiger partial charge in [-0.1, -0.05) is 37.3 Å². The highest BCUT2D eigenvalue weighted by atomic mass is 16.1. The molecule has 0 N–H and O–H groups in total. The lowest BCUT2D eigenvalue weighted by molar-refractivity contribution is -0.121. The van der Waals surface area contributed by atoms with Crippen molar-refractivity contribution in [1.29, 1.82) is 0 Å². The quantitative estimate of drug-likeness (QED) is 0.747. The van der Waals surface area contributed by atoms with E-state index in [1.165, 1.54) is 0 Å². The van der Waals surface area contributed by atoms with E-state index in [1.54, 1.807) is 0 Å². The van der Waals surface area contributed by atoms with Crippen molar-refractivity contribution in [2.24, 2.45) is 11.8 Å². The Morgan fingerprint density at radius 1 is 1.29 bits per heavy atom. The molecule has 2 rings (SSSR count). The van der Waals surface area contributed by atoms with Crippen molar-refractivity contribution >= 4 is 11.6 Å². The summed E-state index contributed by atoms with van der Waals surface area (Å²) in [6.07, 6.45) is 3.23. The lowest BCUT2D eigenvalue weighted by Crippen LogP contribution is -2.26. The van der Waals surface area contributed by atoms with Gasteiger partial charge < -0.3 is 0 Å². The molecule has 2 heteroatoms. The van der Waals surface area contributed by atoms with Crippen LogP contribution in [0.1, 0.15) is 43.0 Å². The van der Waals surface area contributed by atoms with Crippen LogP contribution in [0.3, 0.4) is 0 Å². The van der Waals surface area contributed by atoms with Crippen molar-refractivity contribution in [3.8, 4) is 0 Å². The van der Waals surface area contributed by atoms with Gasteiger partial charge in [0.25, 0.3) is 0 Å². The predicted molar refractivity (Wildman–Crippen MR) is 66.9 cm³/mol. The second kappa shape index (κ2) is 5.26. The molecule has 1 aliphatic carbocycles. The van der Waals surface area contributed by atoms with Crippen LogP contribution >= 0.6 is 0 Å². The monoisotopic (exact) mass is 230 g/mol. The van der Waals surface area contributed by atoms with Crippen molar-refractivity contribution in [2.75, 3.05) is 0 Å². The molecule has 90 valence electrons. The number of ketones is 2. The second-order valence-electron chi connectivity index (χ2n) is 4.91. The summed E-state index contributed by atoms with van der Waals surface area (Å²) in [6, 6.07) is 9.37. The number of hydrogen-bond donors (Lipinski definition) is 0. The maximum absolute atomic E-state index is 12.2. The van der Waals surface area contributed by atoms with Crippen molar-refractivity contribution in [1.82, 2.24) is 0 Å². The van der Waals surface area contributed by atoms with Gasteiger partial charge in [-0.15, -0.1) is 0 Å². The Kier molecular flexibility index (Phi) is 3.72. The smallest absolute Gasteiger partial charge is 0.165 e. The molecule has 0 aromatic heterocycles. The Morgan fingerprint density at radius 2 is 2.00 bits per heavy atom. The van der Waals surface area contributed by atoms with Crippen LogP contribution in [0.15, 0.2) is 30.3 Å². The first-order chi connectivity index (χ1) is 8.18. The molecular weight excluding hydrogens is 212 g/mol. The van der Waals surface area contributed by atoms with Crippen molar-refractivity contribution in [3.63, 3.8) is 0 Å². The molecule has 17 heavy (non-hydrogen) atoms. The molecule has 0 radical (unpaired) electrons. The van der Waals surface area contributed by atoms with Gasteiger partial charge in [-0.05, 0) is 18.8 Å². The lowest BCUT2D eigenvalue weighted by Gasteiger charge is -2.25. The summed E-state index contributed by atoms with van der Waals surface area (Å²) in [7, 11) is 0. The third kappa shape index (κ3) is 2.82. The van der Waals surface area contributed by atoms with E-state index < -0.39 is 0 Å². The molecule has 0 spiro atoms. The predicted octanol–water partition coefficient (Wildman–Crippen LogP) is 3.26. The summed E-state index contributed by atoms with van der Waals surface area (Å²) < 4.78 is 0. The Balaban J connectivity index is 2.07. The van der Waals surface area contributed by atoms with E-state index in [9.17, 15) is 9.59 Å². The normalized spacial score (nSPS) is 22.2. The molecule has 0 saturated heterocycles. The van der Waals surface area contributed by atoms with Crippen LogP contribution in [0.2, 0.25) is 0 Å². The van der Waals surface area contributed by atoms with E-state index in [-0.39, 0.29) is 17.6 Å². The van der Waals surface area contributed by atoms with E-state index in [0.717, 1.165) is 18.4 Å². The molecule has 1 unspecified atom stereocenters. The lowest BCUT2D eigenvalue weighted by atomic mass is 9.77. The number of rotatable bonds is 3. The van der Waals surface area contributed by atoms with Gasteiger partial charge in [0.05, 0.1) is 0 Å². The van der Waals surface area contributed by atoms with Gasteiger partial charge in [0.15, 0.2) is 5.78 Å². The third-order valence-corrected chi connectivity index (χ3v) is 3.70. The average molecular weight is 230 g/mol. The molecule has 0 aliphatic heterocycles. The van der Waals surface area contributed by atoms with Crippen LogP contribution in [0.4, 0.5) is 0 Å². The Morgan fingerprint density at radius 3 is 2.65 bits per heavy atom. The first kappa shape index (κ1) is 12.0. The molecule has 1 saturated carbocycles. The fourth-order valence-corrected chi connectivity index (χ4v) is 2.56. The average Bonchev–Trinajstić information content (AvgIpc) is 2.38. The zero-order valence-corrected chi connectivity index (χ0v) is 10.2. The van der Waals surface area contributed by atoms with Gasteiger partial charge in [-0.25, -0.2) is 0 Å². The van der Waals surface area contributed by atoms with Gasteiger partial charge >= 0.3 is 0 Å². The van der Waals surface area contributed by atoms with E-state index in [2.05, 4.69) is 0 Å². The topological polar surface area (TPSA) is 34.1 Å². The van der Waals surface area contributed by atoms with E-state index in [0.29, 0.717) is 18.6 Å². The van der Waals surface area contributed by atoms with Gasteiger partial charge in [-0.3, -0.25) is 9.59 Å². The highest BCUT2D eigenvalue weighted by Crippen LogP contribution is 2.30. The van der Waals surface area contributed by atoms with Crippen LogP contribution < -0.4 is 0 Å². The Bertz CT molecular complexity index is 408. The van der Waals surface area contributed by atoms with E-state index >= 15 is 0 Å². The second-order valence-corrected chi connectivity index (χ2v) is 4.91. The van der Waals surface area contributed by atoms with Crippen molar-refractivity contribution in [2.45, 2.75) is 32.6 Å². The van der Waals surface area contributed by atoms with Gasteiger partial charge in [0.1, 0.15) is 5.78 Å². The molecule has 1 fully saturated rings. The zero-order chi connectivity index (χ0) is 12.3. The summed E-state index contributed by atoms with van der Waals surface area (Å²) in [4.78, 5) is 23.7. The van der Waals surface area contributed by atoms with E-state index in [1.807, 2.05) is 37.3 Å². The first-order valence-electron chi connectivity index (χ1n) is 6.29. The number of carbonyl (C=O) groups excluding carboxylic acids is 2. The highest BCUT2D eigenvalue weighted by molar-refractivity contribution is 5.98. The standard InChI is InChI=1S/C15H18O2/c1-11(13-8-5-9-14(16)10-13)15(17)12-6-3-2-4-7-12/h2-4,6-7,11,13H,5,8-10H2,1H3/t11?,13-/m1/s1. The molecule has 2 atom stereocenters. The van der Waals surface area contributed by atoms with Gasteiger partial charge in [0.2, 0.25) is 0 Å². The molecule has 0 heterocycles. The molecule has 2 nitrogen and oxygen atoms in total. The summed E-state index contributed by atoms with van der Waals surface area (Å²) in [5.41, 5.74) is 0.762. The maximum atomic E-state index is 12.2. The van der Waals surface area contributed by atoms with Crippen LogP contribution in [0.25, 0.3) is 0 Å². The molecule has 0 amide bonds. The van der Waals surface area contributed by atoms with Crippen LogP contribution in [-0.2, 0) is 4.79 Å². The van der Waals surface area contributed by atoms with Crippen molar-refractivity contribution in [3.05, 3.63) is 35.9 Å². The minimum Gasteiger partial charge on any atom is -0.300 e. The van der Waals surface area contributed by atoms with Gasteiger partial charge in [0, 0.05) is 24.3 Å². The summed E-state index contributed by atoms with van der Waals surface area (Å²) in [5, 5.41) is 0. The summed E-state index contributed by atoms with van der Waals surface area (Å²) in [5.74, 6) is 0.685. The van der Waals surface area contributed by atoms with Crippen LogP contribution in [-0.4, -0.2) is 11.6 Å². The number of benzene rings is 1. The van der Waals surface area contributed by atoms with Gasteiger partial charge in [-0.2, -0.15) is 0 Å². The fraction of sp³-hybridized carbons (Fsp3) is 0.467. The molecule has 1 aromatic carbocycles.